The summed E-state index contributed by atoms with van der Waals surface area (Å²) in [7, 11) is 0. The van der Waals surface area contributed by atoms with Crippen molar-refractivity contribution in [3.8, 4) is 0 Å². The Morgan fingerprint density at radius 1 is 1.58 bits per heavy atom. The van der Waals surface area contributed by atoms with Crippen LogP contribution in [0.25, 0.3) is 0 Å². The van der Waals surface area contributed by atoms with E-state index >= 15 is 0 Å². The fraction of sp³-hybridized carbons (Fsp3) is 0.714. The number of piperidine rings is 1. The molecular weight excluding hydrogens is 240 g/mol. The SMILES string of the molecule is CCn1nc(C)cc1C(=O)NCCC1CCCCN1. The Labute approximate surface area is 114 Å². The molecule has 1 atom stereocenters. The lowest BCUT2D eigenvalue weighted by Gasteiger charge is -2.23. The lowest BCUT2D eigenvalue weighted by molar-refractivity contribution is 0.0941. The van der Waals surface area contributed by atoms with Crippen molar-refractivity contribution in [3.05, 3.63) is 17.5 Å². The van der Waals surface area contributed by atoms with Crippen molar-refractivity contribution in [2.45, 2.75) is 52.1 Å². The van der Waals surface area contributed by atoms with Crippen LogP contribution in [0.3, 0.4) is 0 Å². The van der Waals surface area contributed by atoms with Crippen molar-refractivity contribution in [1.29, 1.82) is 0 Å². The number of nitrogens with one attached hydrogen (secondary N) is 2. The molecule has 2 heterocycles. The van der Waals surface area contributed by atoms with Crippen molar-refractivity contribution in [3.63, 3.8) is 0 Å². The number of aromatic nitrogens is 2. The first kappa shape index (κ1) is 14.1. The largest absolute Gasteiger partial charge is 0.351 e. The third kappa shape index (κ3) is 3.80. The average molecular weight is 264 g/mol. The Morgan fingerprint density at radius 2 is 2.42 bits per heavy atom. The third-order valence-corrected chi connectivity index (χ3v) is 3.63. The predicted molar refractivity (Wildman–Crippen MR) is 75.2 cm³/mol. The Bertz CT molecular complexity index is 421. The van der Waals surface area contributed by atoms with Gasteiger partial charge in [-0.05, 0) is 45.7 Å². The zero-order valence-electron chi connectivity index (χ0n) is 11.9. The van der Waals surface area contributed by atoms with Crippen LogP contribution in [0.4, 0.5) is 0 Å². The third-order valence-electron chi connectivity index (χ3n) is 3.63. The molecule has 106 valence electrons. The molecule has 0 aromatic carbocycles. The highest BCUT2D eigenvalue weighted by atomic mass is 16.2. The van der Waals surface area contributed by atoms with E-state index in [-0.39, 0.29) is 5.91 Å². The van der Waals surface area contributed by atoms with E-state index in [1.54, 1.807) is 4.68 Å². The number of carbonyl (C=O) groups excluding carboxylic acids is 1. The van der Waals surface area contributed by atoms with E-state index in [9.17, 15) is 4.79 Å². The molecule has 1 aromatic rings. The first-order valence-electron chi connectivity index (χ1n) is 7.26. The molecule has 1 fully saturated rings. The van der Waals surface area contributed by atoms with E-state index in [2.05, 4.69) is 15.7 Å². The van der Waals surface area contributed by atoms with E-state index in [0.29, 0.717) is 11.7 Å². The fourth-order valence-electron chi connectivity index (χ4n) is 2.59. The Kier molecular flexibility index (Phi) is 4.96. The van der Waals surface area contributed by atoms with Gasteiger partial charge in [-0.1, -0.05) is 6.42 Å². The summed E-state index contributed by atoms with van der Waals surface area (Å²) in [4.78, 5) is 12.1. The second kappa shape index (κ2) is 6.70. The summed E-state index contributed by atoms with van der Waals surface area (Å²) in [5.74, 6) is -0.0155. The van der Waals surface area contributed by atoms with Crippen LogP contribution in [0.2, 0.25) is 0 Å². The van der Waals surface area contributed by atoms with Crippen molar-refractivity contribution in [2.75, 3.05) is 13.1 Å². The van der Waals surface area contributed by atoms with Crippen molar-refractivity contribution in [1.82, 2.24) is 20.4 Å². The summed E-state index contributed by atoms with van der Waals surface area (Å²) in [5.41, 5.74) is 1.55. The van der Waals surface area contributed by atoms with Crippen molar-refractivity contribution in [2.24, 2.45) is 0 Å². The van der Waals surface area contributed by atoms with Gasteiger partial charge >= 0.3 is 0 Å². The summed E-state index contributed by atoms with van der Waals surface area (Å²) in [6, 6.07) is 2.41. The molecule has 1 unspecified atom stereocenters. The number of nitrogens with zero attached hydrogens (tertiary/aromatic N) is 2. The van der Waals surface area contributed by atoms with Crippen LogP contribution in [-0.2, 0) is 6.54 Å². The molecule has 5 heteroatoms. The fourth-order valence-corrected chi connectivity index (χ4v) is 2.59. The molecule has 0 bridgehead atoms. The molecule has 0 aliphatic carbocycles. The number of aryl methyl sites for hydroxylation is 2. The van der Waals surface area contributed by atoms with Gasteiger partial charge in [0.05, 0.1) is 5.69 Å². The first-order chi connectivity index (χ1) is 9.20. The quantitative estimate of drug-likeness (QED) is 0.847. The molecule has 2 N–H and O–H groups in total. The minimum Gasteiger partial charge on any atom is -0.351 e. The lowest BCUT2D eigenvalue weighted by Crippen LogP contribution is -2.37. The number of hydrogen-bond donors (Lipinski definition) is 2. The highest BCUT2D eigenvalue weighted by molar-refractivity contribution is 5.92. The minimum absolute atomic E-state index is 0.0155. The summed E-state index contributed by atoms with van der Waals surface area (Å²) in [6.45, 7) is 6.47. The minimum atomic E-state index is -0.0155. The molecule has 1 aliphatic rings. The predicted octanol–water partition coefficient (Wildman–Crippen LogP) is 1.47. The molecule has 1 aromatic heterocycles. The van der Waals surface area contributed by atoms with E-state index in [1.165, 1.54) is 19.3 Å². The smallest absolute Gasteiger partial charge is 0.269 e. The van der Waals surface area contributed by atoms with Crippen LogP contribution in [0.15, 0.2) is 6.07 Å². The van der Waals surface area contributed by atoms with Crippen LogP contribution in [0, 0.1) is 6.92 Å². The number of rotatable bonds is 5. The number of amides is 1. The molecule has 0 radical (unpaired) electrons. The second-order valence-electron chi connectivity index (χ2n) is 5.18. The normalized spacial score (nSPS) is 19.4. The van der Waals surface area contributed by atoms with E-state index in [0.717, 1.165) is 31.7 Å². The Hall–Kier alpha value is -1.36. The lowest BCUT2D eigenvalue weighted by atomic mass is 10.0. The van der Waals surface area contributed by atoms with Gasteiger partial charge in [-0.3, -0.25) is 9.48 Å². The monoisotopic (exact) mass is 264 g/mol. The summed E-state index contributed by atoms with van der Waals surface area (Å²) >= 11 is 0. The van der Waals surface area contributed by atoms with Crippen LogP contribution < -0.4 is 10.6 Å². The van der Waals surface area contributed by atoms with E-state index < -0.39 is 0 Å². The molecular formula is C14H24N4O. The van der Waals surface area contributed by atoms with Gasteiger partial charge in [-0.25, -0.2) is 0 Å². The van der Waals surface area contributed by atoms with E-state index in [4.69, 9.17) is 0 Å². The van der Waals surface area contributed by atoms with Gasteiger partial charge in [-0.15, -0.1) is 0 Å². The topological polar surface area (TPSA) is 59.0 Å². The van der Waals surface area contributed by atoms with Crippen LogP contribution in [-0.4, -0.2) is 34.8 Å². The van der Waals surface area contributed by atoms with Gasteiger partial charge in [0, 0.05) is 19.1 Å². The standard InChI is InChI=1S/C14H24N4O/c1-3-18-13(10-11(2)17-18)14(19)16-9-7-12-6-4-5-8-15-12/h10,12,15H,3-9H2,1-2H3,(H,16,19). The summed E-state index contributed by atoms with van der Waals surface area (Å²) in [5, 5.41) is 10.8. The molecule has 2 rings (SSSR count). The Morgan fingerprint density at radius 3 is 3.11 bits per heavy atom. The van der Waals surface area contributed by atoms with Crippen LogP contribution in [0.1, 0.15) is 48.8 Å². The first-order valence-corrected chi connectivity index (χ1v) is 7.26. The maximum Gasteiger partial charge on any atom is 0.269 e. The number of carbonyl (C=O) groups is 1. The molecule has 5 nitrogen and oxygen atoms in total. The van der Waals surface area contributed by atoms with Crippen LogP contribution in [0.5, 0.6) is 0 Å². The highest BCUT2D eigenvalue weighted by Gasteiger charge is 2.15. The maximum atomic E-state index is 12.1. The van der Waals surface area contributed by atoms with Gasteiger partial charge in [0.25, 0.3) is 5.91 Å². The number of hydrogen-bond acceptors (Lipinski definition) is 3. The Balaban J connectivity index is 1.80. The summed E-state index contributed by atoms with van der Waals surface area (Å²) in [6.07, 6.45) is 4.80. The summed E-state index contributed by atoms with van der Waals surface area (Å²) < 4.78 is 1.75. The highest BCUT2D eigenvalue weighted by Crippen LogP contribution is 2.09. The molecule has 1 aliphatic heterocycles. The van der Waals surface area contributed by atoms with E-state index in [1.807, 2.05) is 19.9 Å². The van der Waals surface area contributed by atoms with Gasteiger partial charge in [0.2, 0.25) is 0 Å². The zero-order chi connectivity index (χ0) is 13.7. The van der Waals surface area contributed by atoms with Gasteiger partial charge in [0.15, 0.2) is 0 Å². The zero-order valence-corrected chi connectivity index (χ0v) is 11.9. The second-order valence-corrected chi connectivity index (χ2v) is 5.18. The molecule has 1 saturated heterocycles. The molecule has 0 saturated carbocycles. The molecule has 1 amide bonds. The maximum absolute atomic E-state index is 12.1. The molecule has 0 spiro atoms. The van der Waals surface area contributed by atoms with Crippen LogP contribution >= 0.6 is 0 Å². The van der Waals surface area contributed by atoms with Gasteiger partial charge < -0.3 is 10.6 Å². The average Bonchev–Trinajstić information content (AvgIpc) is 2.81. The van der Waals surface area contributed by atoms with Crippen molar-refractivity contribution >= 4 is 5.91 Å². The van der Waals surface area contributed by atoms with Crippen molar-refractivity contribution < 1.29 is 4.79 Å². The molecule has 19 heavy (non-hydrogen) atoms. The van der Waals surface area contributed by atoms with Gasteiger partial charge in [-0.2, -0.15) is 5.10 Å². The van der Waals surface area contributed by atoms with Gasteiger partial charge in [0.1, 0.15) is 5.69 Å².